The van der Waals surface area contributed by atoms with Crippen molar-refractivity contribution >= 4 is 5.91 Å². The van der Waals surface area contributed by atoms with Gasteiger partial charge in [-0.15, -0.1) is 0 Å². The van der Waals surface area contributed by atoms with Crippen LogP contribution in [0.15, 0.2) is 30.6 Å². The Labute approximate surface area is 142 Å². The predicted molar refractivity (Wildman–Crippen MR) is 91.6 cm³/mol. The van der Waals surface area contributed by atoms with Crippen molar-refractivity contribution < 1.29 is 9.53 Å². The Morgan fingerprint density at radius 1 is 1.46 bits per heavy atom. The number of aromatic nitrogens is 2. The molecule has 1 aromatic carbocycles. The highest BCUT2D eigenvalue weighted by Gasteiger charge is 2.19. The second-order valence-electron chi connectivity index (χ2n) is 6.00. The van der Waals surface area contributed by atoms with Crippen molar-refractivity contribution in [2.75, 3.05) is 19.7 Å². The quantitative estimate of drug-likeness (QED) is 0.790. The molecule has 0 unspecified atom stereocenters. The summed E-state index contributed by atoms with van der Waals surface area (Å²) in [4.78, 5) is 12.0. The second kappa shape index (κ2) is 7.97. The van der Waals surface area contributed by atoms with Crippen molar-refractivity contribution in [3.05, 3.63) is 36.7 Å². The van der Waals surface area contributed by atoms with Gasteiger partial charge in [0, 0.05) is 18.8 Å². The number of carbonyl (C=O) groups is 1. The number of nitrogens with one attached hydrogen (secondary N) is 2. The van der Waals surface area contributed by atoms with Gasteiger partial charge in [0.1, 0.15) is 12.4 Å². The third-order valence-corrected chi connectivity index (χ3v) is 4.10. The highest BCUT2D eigenvalue weighted by molar-refractivity contribution is 5.81. The van der Waals surface area contributed by atoms with Crippen LogP contribution < -0.4 is 15.4 Å². The second-order valence-corrected chi connectivity index (χ2v) is 6.00. The van der Waals surface area contributed by atoms with E-state index in [1.165, 1.54) is 0 Å². The van der Waals surface area contributed by atoms with Crippen LogP contribution in [0.2, 0.25) is 0 Å². The number of aryl methyl sites for hydroxylation is 1. The molecule has 1 aromatic heterocycles. The molecule has 6 heteroatoms. The topological polar surface area (TPSA) is 68.2 Å². The standard InChI is InChI=1S/C18H23N4O2/c1-22-13-15(12-21-22)14-5-4-6-16(11-14)24-10-9-20-18(23)17-7-2-3-8-19-17/h5-6,11-13,17,19H,2-3,7-10H2,1H3,(H,20,23)/t17-/m0/s1. The molecule has 127 valence electrons. The summed E-state index contributed by atoms with van der Waals surface area (Å²) in [6, 6.07) is 8.68. The van der Waals surface area contributed by atoms with Gasteiger partial charge in [0.2, 0.25) is 5.91 Å². The zero-order valence-electron chi connectivity index (χ0n) is 13.9. The number of carbonyl (C=O) groups excluding carboxylic acids is 1. The lowest BCUT2D eigenvalue weighted by Crippen LogP contribution is -2.47. The molecular formula is C18H23N4O2. The first-order valence-electron chi connectivity index (χ1n) is 8.36. The van der Waals surface area contributed by atoms with Crippen LogP contribution >= 0.6 is 0 Å². The lowest BCUT2D eigenvalue weighted by molar-refractivity contribution is -0.123. The minimum absolute atomic E-state index is 0.0546. The Morgan fingerprint density at radius 3 is 3.12 bits per heavy atom. The molecule has 3 rings (SSSR count). The summed E-state index contributed by atoms with van der Waals surface area (Å²) < 4.78 is 7.48. The summed E-state index contributed by atoms with van der Waals surface area (Å²) in [5.41, 5.74) is 2.03. The molecule has 1 fully saturated rings. The first kappa shape index (κ1) is 16.5. The molecule has 0 saturated carbocycles. The first-order valence-corrected chi connectivity index (χ1v) is 8.36. The van der Waals surface area contributed by atoms with Gasteiger partial charge in [0.25, 0.3) is 0 Å². The van der Waals surface area contributed by atoms with E-state index >= 15 is 0 Å². The zero-order chi connectivity index (χ0) is 16.8. The molecule has 0 bridgehead atoms. The van der Waals surface area contributed by atoms with Crippen molar-refractivity contribution in [2.24, 2.45) is 7.05 Å². The molecule has 1 radical (unpaired) electrons. The average molecular weight is 327 g/mol. The molecular weight excluding hydrogens is 304 g/mol. The number of amides is 1. The number of benzene rings is 1. The fourth-order valence-electron chi connectivity index (χ4n) is 2.81. The minimum Gasteiger partial charge on any atom is -0.492 e. The molecule has 1 amide bonds. The molecule has 2 N–H and O–H groups in total. The fourth-order valence-corrected chi connectivity index (χ4v) is 2.81. The van der Waals surface area contributed by atoms with Crippen molar-refractivity contribution in [1.82, 2.24) is 20.4 Å². The van der Waals surface area contributed by atoms with E-state index in [4.69, 9.17) is 4.74 Å². The summed E-state index contributed by atoms with van der Waals surface area (Å²) in [5.74, 6) is 0.801. The number of rotatable bonds is 6. The lowest BCUT2D eigenvalue weighted by Gasteiger charge is -2.22. The fraction of sp³-hybridized carbons (Fsp3) is 0.444. The zero-order valence-corrected chi connectivity index (χ0v) is 13.9. The van der Waals surface area contributed by atoms with Crippen molar-refractivity contribution in [1.29, 1.82) is 0 Å². The van der Waals surface area contributed by atoms with Crippen LogP contribution in [-0.4, -0.2) is 41.4 Å². The molecule has 0 aliphatic carbocycles. The summed E-state index contributed by atoms with van der Waals surface area (Å²) in [6.45, 7) is 1.85. The SMILES string of the molecule is Cn1cc(-c2c[c]cc(OCCNC(=O)[C@@H]3CCCCN3)c2)cn1. The summed E-state index contributed by atoms with van der Waals surface area (Å²) in [7, 11) is 1.89. The van der Waals surface area contributed by atoms with E-state index < -0.39 is 0 Å². The van der Waals surface area contributed by atoms with Crippen LogP contribution in [0.4, 0.5) is 0 Å². The predicted octanol–water partition coefficient (Wildman–Crippen LogP) is 1.52. The van der Waals surface area contributed by atoms with Gasteiger partial charge in [0.15, 0.2) is 0 Å². The summed E-state index contributed by atoms with van der Waals surface area (Å²) >= 11 is 0. The molecule has 0 spiro atoms. The molecule has 6 nitrogen and oxygen atoms in total. The van der Waals surface area contributed by atoms with Crippen LogP contribution in [-0.2, 0) is 11.8 Å². The van der Waals surface area contributed by atoms with E-state index in [1.54, 1.807) is 10.7 Å². The molecule has 1 aliphatic rings. The first-order chi connectivity index (χ1) is 11.7. The van der Waals surface area contributed by atoms with Crippen LogP contribution in [0, 0.1) is 6.07 Å². The smallest absolute Gasteiger partial charge is 0.237 e. The van der Waals surface area contributed by atoms with Crippen LogP contribution in [0.25, 0.3) is 11.1 Å². The van der Waals surface area contributed by atoms with Gasteiger partial charge < -0.3 is 15.4 Å². The molecule has 24 heavy (non-hydrogen) atoms. The molecule has 1 saturated heterocycles. The van der Waals surface area contributed by atoms with Crippen molar-refractivity contribution in [3.63, 3.8) is 0 Å². The molecule has 2 aromatic rings. The van der Waals surface area contributed by atoms with E-state index in [9.17, 15) is 4.79 Å². The van der Waals surface area contributed by atoms with Crippen molar-refractivity contribution in [3.8, 4) is 16.9 Å². The molecule has 1 aliphatic heterocycles. The largest absolute Gasteiger partial charge is 0.492 e. The molecule has 1 atom stereocenters. The maximum Gasteiger partial charge on any atom is 0.237 e. The Morgan fingerprint density at radius 2 is 2.38 bits per heavy atom. The Balaban J connectivity index is 1.46. The Bertz CT molecular complexity index is 677. The van der Waals surface area contributed by atoms with Gasteiger partial charge >= 0.3 is 0 Å². The Hall–Kier alpha value is -2.34. The number of hydrogen-bond acceptors (Lipinski definition) is 4. The Kier molecular flexibility index (Phi) is 5.48. The van der Waals surface area contributed by atoms with E-state index in [2.05, 4.69) is 21.8 Å². The summed E-state index contributed by atoms with van der Waals surface area (Å²) in [5, 5.41) is 10.3. The highest BCUT2D eigenvalue weighted by atomic mass is 16.5. The normalized spacial score (nSPS) is 17.5. The monoisotopic (exact) mass is 327 g/mol. The van der Waals surface area contributed by atoms with Gasteiger partial charge in [0.05, 0.1) is 18.8 Å². The summed E-state index contributed by atoms with van der Waals surface area (Å²) in [6.07, 6.45) is 6.93. The number of hydrogen-bond donors (Lipinski definition) is 2. The van der Waals surface area contributed by atoms with E-state index in [-0.39, 0.29) is 11.9 Å². The minimum atomic E-state index is -0.0546. The number of ether oxygens (including phenoxy) is 1. The van der Waals surface area contributed by atoms with Gasteiger partial charge in [-0.2, -0.15) is 5.10 Å². The van der Waals surface area contributed by atoms with E-state index in [0.29, 0.717) is 13.2 Å². The number of piperidine rings is 1. The lowest BCUT2D eigenvalue weighted by atomic mass is 10.0. The van der Waals surface area contributed by atoms with Crippen molar-refractivity contribution in [2.45, 2.75) is 25.3 Å². The van der Waals surface area contributed by atoms with Crippen LogP contribution in [0.5, 0.6) is 5.75 Å². The highest BCUT2D eigenvalue weighted by Crippen LogP contribution is 2.22. The maximum atomic E-state index is 12.0. The van der Waals surface area contributed by atoms with Gasteiger partial charge in [-0.25, -0.2) is 0 Å². The van der Waals surface area contributed by atoms with Gasteiger partial charge in [-0.1, -0.05) is 6.42 Å². The van der Waals surface area contributed by atoms with Gasteiger partial charge in [-0.05, 0) is 49.2 Å². The average Bonchev–Trinajstić information content (AvgIpc) is 3.06. The van der Waals surface area contributed by atoms with E-state index in [1.807, 2.05) is 31.6 Å². The van der Waals surface area contributed by atoms with Gasteiger partial charge in [-0.3, -0.25) is 9.48 Å². The molecule has 2 heterocycles. The van der Waals surface area contributed by atoms with Crippen LogP contribution in [0.1, 0.15) is 19.3 Å². The number of nitrogens with zero attached hydrogens (tertiary/aromatic N) is 2. The maximum absolute atomic E-state index is 12.0. The van der Waals surface area contributed by atoms with Crippen LogP contribution in [0.3, 0.4) is 0 Å². The van der Waals surface area contributed by atoms with E-state index in [0.717, 1.165) is 42.7 Å². The third kappa shape index (κ3) is 4.35. The third-order valence-electron chi connectivity index (χ3n) is 4.10.